The molecule has 0 aliphatic carbocycles. The average Bonchev–Trinajstić information content (AvgIpc) is 2.15. The Kier molecular flexibility index (Phi) is 27.2. The van der Waals surface area contributed by atoms with Crippen molar-refractivity contribution in [1.82, 2.24) is 0 Å². The van der Waals surface area contributed by atoms with Crippen molar-refractivity contribution in [1.29, 1.82) is 0 Å². The van der Waals surface area contributed by atoms with Crippen LogP contribution in [0.5, 0.6) is 0 Å². The van der Waals surface area contributed by atoms with Crippen LogP contribution < -0.4 is 4.89 Å². The molecule has 0 bridgehead atoms. The predicted octanol–water partition coefficient (Wildman–Crippen LogP) is 2.97. The molecule has 0 heterocycles. The van der Waals surface area contributed by atoms with E-state index in [4.69, 9.17) is 9.32 Å². The minimum atomic E-state index is -3.51. The Hall–Kier alpha value is 0.924. The molecular formula is C12H26O4PY-3. The quantitative estimate of drug-likeness (QED) is 0.401. The summed E-state index contributed by atoms with van der Waals surface area (Å²) < 4.78 is 15.4. The Morgan fingerprint density at radius 1 is 1.39 bits per heavy atom. The molecule has 0 aliphatic rings. The molecule has 4 nitrogen and oxygen atoms in total. The zero-order valence-electron chi connectivity index (χ0n) is 12.3. The third-order valence-corrected chi connectivity index (χ3v) is 2.51. The molecule has 109 valence electrons. The van der Waals surface area contributed by atoms with Crippen LogP contribution in [0, 0.1) is 13.3 Å². The normalized spacial score (nSPS) is 13.8. The Morgan fingerprint density at radius 3 is 2.17 bits per heavy atom. The standard InChI is InChI=1S/C9H21O3P.C2H3O.CH3.Y/c1-4-5-6-7-9(2)8-12-13(3,10)11;1-2-3;;/h9H,4-8H2,1-3H3,(H,10,11);1H3;1H3;/q;2*-1;/p-1. The van der Waals surface area contributed by atoms with Crippen molar-refractivity contribution >= 4 is 13.9 Å². The van der Waals surface area contributed by atoms with E-state index in [-0.39, 0.29) is 40.1 Å². The van der Waals surface area contributed by atoms with Gasteiger partial charge in [-0.25, -0.2) is 0 Å². The molecule has 0 amide bonds. The first-order chi connectivity index (χ1) is 7.37. The summed E-state index contributed by atoms with van der Waals surface area (Å²) in [6, 6.07) is 0. The Morgan fingerprint density at radius 2 is 1.83 bits per heavy atom. The number of rotatable bonds is 7. The average molecular weight is 354 g/mol. The molecule has 18 heavy (non-hydrogen) atoms. The molecule has 6 heteroatoms. The first-order valence-corrected chi connectivity index (χ1v) is 7.58. The van der Waals surface area contributed by atoms with Gasteiger partial charge in [-0.05, 0) is 12.3 Å². The van der Waals surface area contributed by atoms with Gasteiger partial charge in [0.1, 0.15) is 7.60 Å². The summed E-state index contributed by atoms with van der Waals surface area (Å²) in [7, 11) is -3.51. The van der Waals surface area contributed by atoms with Gasteiger partial charge in [-0.15, -0.1) is 0 Å². The monoisotopic (exact) mass is 354 g/mol. The number of unbranched alkanes of at least 4 members (excludes halogenated alkanes) is 2. The molecule has 0 saturated carbocycles. The maximum Gasteiger partial charge on any atom is 0.131 e. The fourth-order valence-electron chi connectivity index (χ4n) is 1.09. The largest absolute Gasteiger partial charge is 0.779 e. The van der Waals surface area contributed by atoms with E-state index in [9.17, 15) is 9.46 Å². The summed E-state index contributed by atoms with van der Waals surface area (Å²) >= 11 is 0. The summed E-state index contributed by atoms with van der Waals surface area (Å²) in [5.74, 6) is 0.341. The molecule has 0 N–H and O–H groups in total. The number of hydrogen-bond acceptors (Lipinski definition) is 4. The maximum atomic E-state index is 10.7. The molecule has 0 aromatic heterocycles. The van der Waals surface area contributed by atoms with Crippen molar-refractivity contribution < 1.29 is 51.5 Å². The second kappa shape index (κ2) is 17.9. The summed E-state index contributed by atoms with van der Waals surface area (Å²) in [5.41, 5.74) is 0. The van der Waals surface area contributed by atoms with E-state index in [1.807, 2.05) is 6.92 Å². The van der Waals surface area contributed by atoms with E-state index in [0.29, 0.717) is 12.5 Å². The van der Waals surface area contributed by atoms with Crippen LogP contribution in [0.25, 0.3) is 0 Å². The van der Waals surface area contributed by atoms with Crippen LogP contribution >= 0.6 is 7.60 Å². The molecule has 0 saturated heterocycles. The molecule has 0 aromatic rings. The first kappa shape index (κ1) is 27.3. The van der Waals surface area contributed by atoms with E-state index in [1.54, 1.807) is 0 Å². The molecule has 0 aromatic carbocycles. The fourth-order valence-corrected chi connectivity index (χ4v) is 1.61. The summed E-state index contributed by atoms with van der Waals surface area (Å²) in [5, 5.41) is 0. The van der Waals surface area contributed by atoms with Gasteiger partial charge in [-0.1, -0.05) is 33.1 Å². The van der Waals surface area contributed by atoms with Crippen molar-refractivity contribution in [2.75, 3.05) is 13.3 Å². The molecule has 1 radical (unpaired) electrons. The van der Waals surface area contributed by atoms with Crippen LogP contribution in [0.15, 0.2) is 0 Å². The van der Waals surface area contributed by atoms with E-state index < -0.39 is 7.60 Å². The van der Waals surface area contributed by atoms with Crippen LogP contribution in [0.1, 0.15) is 46.5 Å². The Balaban J connectivity index is -0.000000177. The van der Waals surface area contributed by atoms with Gasteiger partial charge in [0.2, 0.25) is 0 Å². The van der Waals surface area contributed by atoms with Crippen molar-refractivity contribution in [3.05, 3.63) is 7.43 Å². The maximum absolute atomic E-state index is 10.7. The molecule has 0 aliphatic heterocycles. The second-order valence-electron chi connectivity index (χ2n) is 3.87. The van der Waals surface area contributed by atoms with Crippen LogP contribution in [0.3, 0.4) is 0 Å². The van der Waals surface area contributed by atoms with Crippen LogP contribution in [-0.2, 0) is 46.6 Å². The van der Waals surface area contributed by atoms with Gasteiger partial charge in [0.15, 0.2) is 0 Å². The second-order valence-corrected chi connectivity index (χ2v) is 5.67. The molecule has 0 rings (SSSR count). The van der Waals surface area contributed by atoms with Gasteiger partial charge >= 0.3 is 0 Å². The topological polar surface area (TPSA) is 66.4 Å². The van der Waals surface area contributed by atoms with Crippen LogP contribution in [0.2, 0.25) is 0 Å². The summed E-state index contributed by atoms with van der Waals surface area (Å²) in [6.45, 7) is 6.94. The van der Waals surface area contributed by atoms with Gasteiger partial charge in [-0.2, -0.15) is 6.92 Å². The van der Waals surface area contributed by atoms with Crippen LogP contribution in [-0.4, -0.2) is 19.6 Å². The minimum absolute atomic E-state index is 0. The molecule has 0 spiro atoms. The summed E-state index contributed by atoms with van der Waals surface area (Å²) in [4.78, 5) is 19.4. The van der Waals surface area contributed by atoms with Gasteiger partial charge in [0, 0.05) is 39.4 Å². The fraction of sp³-hybridized carbons (Fsp3) is 0.833. The van der Waals surface area contributed by atoms with E-state index in [2.05, 4.69) is 6.92 Å². The SMILES string of the molecule is CCCCCC(C)COP(C)(=O)[O-].C[C-]=O.[CH3-].[Y]. The zero-order chi connectivity index (χ0) is 13.0. The Bertz CT molecular complexity index is 206. The van der Waals surface area contributed by atoms with Crippen molar-refractivity contribution in [2.45, 2.75) is 46.5 Å². The van der Waals surface area contributed by atoms with Crippen molar-refractivity contribution in [3.8, 4) is 0 Å². The summed E-state index contributed by atoms with van der Waals surface area (Å²) in [6.07, 6.45) is 6.12. The van der Waals surface area contributed by atoms with Gasteiger partial charge in [-0.3, -0.25) is 6.29 Å². The van der Waals surface area contributed by atoms with E-state index in [1.165, 1.54) is 26.1 Å². The van der Waals surface area contributed by atoms with Crippen molar-refractivity contribution in [2.24, 2.45) is 5.92 Å². The zero-order valence-corrected chi connectivity index (χ0v) is 16.0. The molecular weight excluding hydrogens is 328 g/mol. The van der Waals surface area contributed by atoms with Gasteiger partial charge < -0.3 is 26.2 Å². The molecule has 2 unspecified atom stereocenters. The third kappa shape index (κ3) is 30.2. The van der Waals surface area contributed by atoms with Gasteiger partial charge in [0.25, 0.3) is 0 Å². The smallest absolute Gasteiger partial charge is 0.131 e. The number of carbonyl (C=O) groups excluding carboxylic acids is 1. The molecule has 0 fully saturated rings. The Labute approximate surface area is 138 Å². The van der Waals surface area contributed by atoms with Crippen molar-refractivity contribution in [3.63, 3.8) is 0 Å². The third-order valence-electron chi connectivity index (χ3n) is 1.89. The van der Waals surface area contributed by atoms with E-state index in [0.717, 1.165) is 19.5 Å². The molecule has 2 atom stereocenters. The van der Waals surface area contributed by atoms with E-state index >= 15 is 0 Å². The van der Waals surface area contributed by atoms with Crippen LogP contribution in [0.4, 0.5) is 0 Å². The number of hydrogen-bond donors (Lipinski definition) is 0. The minimum Gasteiger partial charge on any atom is -0.779 e. The predicted molar refractivity (Wildman–Crippen MR) is 70.6 cm³/mol. The first-order valence-electron chi connectivity index (χ1n) is 5.59. The van der Waals surface area contributed by atoms with Gasteiger partial charge in [0.05, 0.1) is 6.61 Å².